The molecule has 1 N–H and O–H groups in total. The zero-order chi connectivity index (χ0) is 19.0. The largest absolute Gasteiger partial charge is 0.457 e. The van der Waals surface area contributed by atoms with E-state index in [2.05, 4.69) is 19.2 Å². The van der Waals surface area contributed by atoms with Gasteiger partial charge in [0.2, 0.25) is 5.91 Å². The van der Waals surface area contributed by atoms with E-state index in [0.29, 0.717) is 18.6 Å². The van der Waals surface area contributed by atoms with Crippen LogP contribution < -0.4 is 10.1 Å². The molecular formula is C23H23NO3. The number of carbonyl (C=O) groups excluding carboxylic acids is 2. The smallest absolute Gasteiger partial charge is 0.225 e. The van der Waals surface area contributed by atoms with E-state index in [-0.39, 0.29) is 23.0 Å². The average Bonchev–Trinajstić information content (AvgIpc) is 2.60. The SMILES string of the molecule is CC1(C)CC(=O)C2=C(C1)NC(=O)C[C@@H]2c1cccc(Oc2ccccc2)c1. The molecule has 0 saturated heterocycles. The Balaban J connectivity index is 1.69. The second-order valence-corrected chi connectivity index (χ2v) is 8.13. The third-order valence-electron chi connectivity index (χ3n) is 5.19. The predicted molar refractivity (Wildman–Crippen MR) is 104 cm³/mol. The number of nitrogens with one attached hydrogen (secondary N) is 1. The quantitative estimate of drug-likeness (QED) is 0.860. The van der Waals surface area contributed by atoms with Crippen LogP contribution in [-0.2, 0) is 9.59 Å². The second-order valence-electron chi connectivity index (χ2n) is 8.13. The highest BCUT2D eigenvalue weighted by atomic mass is 16.5. The lowest BCUT2D eigenvalue weighted by Gasteiger charge is -2.37. The minimum Gasteiger partial charge on any atom is -0.457 e. The maximum absolute atomic E-state index is 12.9. The van der Waals surface area contributed by atoms with Crippen LogP contribution in [0.15, 0.2) is 65.9 Å². The molecule has 1 aliphatic carbocycles. The maximum Gasteiger partial charge on any atom is 0.225 e. The molecule has 1 atom stereocenters. The van der Waals surface area contributed by atoms with Crippen LogP contribution in [0.5, 0.6) is 11.5 Å². The molecule has 0 unspecified atom stereocenters. The standard InChI is InChI=1S/C23H23NO3/c1-23(2)13-19-22(20(25)14-23)18(12-21(26)24-19)15-7-6-10-17(11-15)27-16-8-4-3-5-9-16/h3-11,18H,12-14H2,1-2H3,(H,24,26)/t18-/m1/s1. The van der Waals surface area contributed by atoms with Crippen molar-refractivity contribution in [1.29, 1.82) is 0 Å². The zero-order valence-corrected chi connectivity index (χ0v) is 15.6. The molecule has 2 aliphatic rings. The van der Waals surface area contributed by atoms with Crippen molar-refractivity contribution in [1.82, 2.24) is 5.32 Å². The van der Waals surface area contributed by atoms with Crippen LogP contribution in [-0.4, -0.2) is 11.7 Å². The Kier molecular flexibility index (Phi) is 4.34. The van der Waals surface area contributed by atoms with E-state index in [1.54, 1.807) is 0 Å². The summed E-state index contributed by atoms with van der Waals surface area (Å²) in [6, 6.07) is 17.3. The van der Waals surface area contributed by atoms with E-state index in [9.17, 15) is 9.59 Å². The van der Waals surface area contributed by atoms with E-state index in [1.165, 1.54) is 0 Å². The Morgan fingerprint density at radius 1 is 0.963 bits per heavy atom. The summed E-state index contributed by atoms with van der Waals surface area (Å²) in [5.41, 5.74) is 2.39. The van der Waals surface area contributed by atoms with Gasteiger partial charge in [-0.3, -0.25) is 9.59 Å². The first kappa shape index (κ1) is 17.5. The average molecular weight is 361 g/mol. The van der Waals surface area contributed by atoms with Crippen molar-refractivity contribution in [2.45, 2.75) is 39.0 Å². The normalized spacial score (nSPS) is 21.5. The van der Waals surface area contributed by atoms with Crippen molar-refractivity contribution in [3.63, 3.8) is 0 Å². The van der Waals surface area contributed by atoms with Gasteiger partial charge in [-0.1, -0.05) is 44.2 Å². The molecule has 0 radical (unpaired) electrons. The van der Waals surface area contributed by atoms with E-state index < -0.39 is 0 Å². The van der Waals surface area contributed by atoms with Crippen LogP contribution in [0.2, 0.25) is 0 Å². The van der Waals surface area contributed by atoms with Crippen LogP contribution in [0.4, 0.5) is 0 Å². The number of ketones is 1. The highest BCUT2D eigenvalue weighted by molar-refractivity contribution is 6.02. The molecular weight excluding hydrogens is 338 g/mol. The molecule has 0 fully saturated rings. The fraction of sp³-hybridized carbons (Fsp3) is 0.304. The Morgan fingerprint density at radius 2 is 1.70 bits per heavy atom. The number of benzene rings is 2. The summed E-state index contributed by atoms with van der Waals surface area (Å²) in [6.45, 7) is 4.14. The van der Waals surface area contributed by atoms with Gasteiger partial charge in [-0.15, -0.1) is 0 Å². The van der Waals surface area contributed by atoms with Gasteiger partial charge in [0.15, 0.2) is 5.78 Å². The number of rotatable bonds is 3. The van der Waals surface area contributed by atoms with Gasteiger partial charge in [0.1, 0.15) is 11.5 Å². The third-order valence-corrected chi connectivity index (χ3v) is 5.19. The monoisotopic (exact) mass is 361 g/mol. The molecule has 0 bridgehead atoms. The number of ether oxygens (including phenoxy) is 1. The van der Waals surface area contributed by atoms with E-state index in [1.807, 2.05) is 54.6 Å². The van der Waals surface area contributed by atoms with Gasteiger partial charge in [0.05, 0.1) is 0 Å². The summed E-state index contributed by atoms with van der Waals surface area (Å²) in [7, 11) is 0. The number of amides is 1. The fourth-order valence-electron chi connectivity index (χ4n) is 4.06. The molecule has 4 heteroatoms. The fourth-order valence-corrected chi connectivity index (χ4v) is 4.06. The molecule has 0 spiro atoms. The summed E-state index contributed by atoms with van der Waals surface area (Å²) in [5.74, 6) is 1.36. The number of hydrogen-bond acceptors (Lipinski definition) is 3. The molecule has 1 heterocycles. The predicted octanol–water partition coefficient (Wildman–Crippen LogP) is 4.73. The van der Waals surface area contributed by atoms with Gasteiger partial charge in [-0.05, 0) is 41.7 Å². The summed E-state index contributed by atoms with van der Waals surface area (Å²) in [6.07, 6.45) is 1.52. The molecule has 4 rings (SSSR count). The van der Waals surface area contributed by atoms with E-state index in [0.717, 1.165) is 29.0 Å². The Hall–Kier alpha value is -2.88. The Morgan fingerprint density at radius 3 is 2.48 bits per heavy atom. The van der Waals surface area contributed by atoms with Crippen LogP contribution in [0, 0.1) is 5.41 Å². The van der Waals surface area contributed by atoms with Gasteiger partial charge in [-0.25, -0.2) is 0 Å². The Labute approximate surface area is 159 Å². The lowest BCUT2D eigenvalue weighted by atomic mass is 9.70. The van der Waals surface area contributed by atoms with Crippen LogP contribution >= 0.6 is 0 Å². The first-order valence-corrected chi connectivity index (χ1v) is 9.30. The van der Waals surface area contributed by atoms with Crippen molar-refractivity contribution < 1.29 is 14.3 Å². The van der Waals surface area contributed by atoms with Crippen LogP contribution in [0.3, 0.4) is 0 Å². The molecule has 2 aromatic rings. The molecule has 4 nitrogen and oxygen atoms in total. The minimum atomic E-state index is -0.211. The number of carbonyl (C=O) groups is 2. The third kappa shape index (κ3) is 3.65. The summed E-state index contributed by atoms with van der Waals surface area (Å²) in [5, 5.41) is 2.95. The maximum atomic E-state index is 12.9. The molecule has 0 saturated carbocycles. The van der Waals surface area contributed by atoms with Crippen molar-refractivity contribution in [2.75, 3.05) is 0 Å². The molecule has 27 heavy (non-hydrogen) atoms. The van der Waals surface area contributed by atoms with Gasteiger partial charge in [0.25, 0.3) is 0 Å². The Bertz CT molecular complexity index is 928. The molecule has 0 aromatic heterocycles. The molecule has 138 valence electrons. The first-order chi connectivity index (χ1) is 12.9. The van der Waals surface area contributed by atoms with E-state index in [4.69, 9.17) is 4.74 Å². The van der Waals surface area contributed by atoms with E-state index >= 15 is 0 Å². The molecule has 1 aliphatic heterocycles. The van der Waals surface area contributed by atoms with Crippen molar-refractivity contribution in [3.05, 3.63) is 71.4 Å². The first-order valence-electron chi connectivity index (χ1n) is 9.30. The van der Waals surface area contributed by atoms with Gasteiger partial charge >= 0.3 is 0 Å². The molecule has 2 aromatic carbocycles. The topological polar surface area (TPSA) is 55.4 Å². The lowest BCUT2D eigenvalue weighted by molar-refractivity contribution is -0.122. The van der Waals surface area contributed by atoms with Crippen molar-refractivity contribution in [3.8, 4) is 11.5 Å². The van der Waals surface area contributed by atoms with Gasteiger partial charge < -0.3 is 10.1 Å². The number of allylic oxidation sites excluding steroid dienone is 2. The lowest BCUT2D eigenvalue weighted by Crippen LogP contribution is -2.40. The number of Topliss-reactive ketones (excluding diaryl/α,β-unsaturated/α-hetero) is 1. The van der Waals surface area contributed by atoms with Crippen LogP contribution in [0.25, 0.3) is 0 Å². The summed E-state index contributed by atoms with van der Waals surface area (Å²) < 4.78 is 5.93. The highest BCUT2D eigenvalue weighted by Gasteiger charge is 2.40. The number of para-hydroxylation sites is 1. The summed E-state index contributed by atoms with van der Waals surface area (Å²) >= 11 is 0. The second kappa shape index (κ2) is 6.69. The van der Waals surface area contributed by atoms with Crippen molar-refractivity contribution in [2.24, 2.45) is 5.41 Å². The van der Waals surface area contributed by atoms with Gasteiger partial charge in [-0.2, -0.15) is 0 Å². The number of hydrogen-bond donors (Lipinski definition) is 1. The zero-order valence-electron chi connectivity index (χ0n) is 15.6. The van der Waals surface area contributed by atoms with Gasteiger partial charge in [0, 0.05) is 30.0 Å². The summed E-state index contributed by atoms with van der Waals surface area (Å²) in [4.78, 5) is 25.2. The van der Waals surface area contributed by atoms with Crippen molar-refractivity contribution >= 4 is 11.7 Å². The minimum absolute atomic E-state index is 0.0290. The highest BCUT2D eigenvalue weighted by Crippen LogP contribution is 2.44. The van der Waals surface area contributed by atoms with Crippen LogP contribution in [0.1, 0.15) is 44.6 Å². The molecule has 1 amide bonds.